The first-order valence-electron chi connectivity index (χ1n) is 16.6. The van der Waals surface area contributed by atoms with Crippen LogP contribution in [0.15, 0.2) is 30.3 Å². The van der Waals surface area contributed by atoms with Gasteiger partial charge in [-0.1, -0.05) is 88.5 Å². The molecule has 0 aromatic heterocycles. The Morgan fingerprint density at radius 2 is 1.76 bits per heavy atom. The van der Waals surface area contributed by atoms with Gasteiger partial charge in [-0.15, -0.1) is 0 Å². The molecule has 2 aliphatic rings. The molecule has 42 heavy (non-hydrogen) atoms. The summed E-state index contributed by atoms with van der Waals surface area (Å²) in [5, 5.41) is 3.39. The number of benzene rings is 1. The minimum atomic E-state index is -1.27. The van der Waals surface area contributed by atoms with Gasteiger partial charge in [0.25, 0.3) is 0 Å². The normalized spacial score (nSPS) is 19.6. The summed E-state index contributed by atoms with van der Waals surface area (Å²) in [7, 11) is 2.30. The molecule has 8 heteroatoms. The Labute approximate surface area is 257 Å². The molecule has 0 spiro atoms. The van der Waals surface area contributed by atoms with Crippen molar-refractivity contribution in [3.8, 4) is 0 Å². The first-order chi connectivity index (χ1) is 20.2. The van der Waals surface area contributed by atoms with E-state index in [1.54, 1.807) is 12.0 Å². The standard InChI is InChI=1S/C34H59N3O4Si/c1-36(34(39)41-23-24-42(3,4)5)27-31(25-28-15-8-6-9-16-28)35-33(38)37-21-14-19-30(26-37)32(20-12-13-22-40-2)29-17-10-7-11-18-29/h7,10-11,17-18,28,30-32H,6,8-9,12-16,19-27H2,1-5H3,(H,35,38)/t30-,31+,32+/m1/s1. The monoisotopic (exact) mass is 601 g/mol. The van der Waals surface area contributed by atoms with E-state index in [0.29, 0.717) is 30.9 Å². The molecule has 3 amide bonds. The van der Waals surface area contributed by atoms with Crippen molar-refractivity contribution < 1.29 is 19.1 Å². The zero-order valence-electron chi connectivity index (χ0n) is 27.2. The van der Waals surface area contributed by atoms with Crippen LogP contribution in [0.1, 0.15) is 82.1 Å². The summed E-state index contributed by atoms with van der Waals surface area (Å²) >= 11 is 0. The zero-order valence-corrected chi connectivity index (χ0v) is 28.2. The van der Waals surface area contributed by atoms with Crippen LogP contribution >= 0.6 is 0 Å². The maximum atomic E-state index is 13.8. The third-order valence-electron chi connectivity index (χ3n) is 9.21. The fraction of sp³-hybridized carbons (Fsp3) is 0.765. The summed E-state index contributed by atoms with van der Waals surface area (Å²) in [4.78, 5) is 30.3. The van der Waals surface area contributed by atoms with Crippen molar-refractivity contribution in [3.05, 3.63) is 35.9 Å². The molecule has 1 N–H and O–H groups in total. The van der Waals surface area contributed by atoms with E-state index >= 15 is 0 Å². The molecule has 0 radical (unpaired) electrons. The van der Waals surface area contributed by atoms with Crippen molar-refractivity contribution in [2.45, 2.75) is 108 Å². The van der Waals surface area contributed by atoms with E-state index < -0.39 is 8.07 Å². The third-order valence-corrected chi connectivity index (χ3v) is 10.9. The number of likely N-dealkylation sites (tertiary alicyclic amines) is 1. The molecule has 0 unspecified atom stereocenters. The molecular weight excluding hydrogens is 542 g/mol. The van der Waals surface area contributed by atoms with E-state index in [4.69, 9.17) is 9.47 Å². The van der Waals surface area contributed by atoms with Gasteiger partial charge in [0, 0.05) is 54.5 Å². The Balaban J connectivity index is 1.63. The van der Waals surface area contributed by atoms with E-state index in [2.05, 4.69) is 55.3 Å². The fourth-order valence-corrected chi connectivity index (χ4v) is 7.45. The molecule has 7 nitrogen and oxygen atoms in total. The molecule has 238 valence electrons. The number of carbonyl (C=O) groups is 2. The SMILES string of the molecule is COCCCC[C@@H](c1ccccc1)[C@@H]1CCCN(C(=O)N[C@@H](CC2CCCCC2)CN(C)C(=O)OCC[Si](C)(C)C)C1. The van der Waals surface area contributed by atoms with Gasteiger partial charge in [-0.05, 0) is 61.5 Å². The van der Waals surface area contributed by atoms with Crippen molar-refractivity contribution in [1.29, 1.82) is 0 Å². The van der Waals surface area contributed by atoms with Gasteiger partial charge < -0.3 is 24.6 Å². The van der Waals surface area contributed by atoms with Crippen molar-refractivity contribution in [3.63, 3.8) is 0 Å². The highest BCUT2D eigenvalue weighted by atomic mass is 28.3. The van der Waals surface area contributed by atoms with Crippen LogP contribution in [0, 0.1) is 11.8 Å². The van der Waals surface area contributed by atoms with Gasteiger partial charge in [-0.3, -0.25) is 0 Å². The maximum Gasteiger partial charge on any atom is 0.409 e. The van der Waals surface area contributed by atoms with Crippen LogP contribution < -0.4 is 5.32 Å². The number of nitrogens with zero attached hydrogens (tertiary/aromatic N) is 2. The number of carbonyl (C=O) groups excluding carboxylic acids is 2. The van der Waals surface area contributed by atoms with Crippen LogP contribution in [-0.4, -0.2) is 83.0 Å². The summed E-state index contributed by atoms with van der Waals surface area (Å²) in [6.07, 6.45) is 12.4. The molecule has 1 heterocycles. The first kappa shape index (κ1) is 34.4. The molecule has 3 rings (SSSR count). The molecule has 1 aliphatic carbocycles. The molecule has 1 aromatic carbocycles. The molecule has 0 bridgehead atoms. The zero-order chi connectivity index (χ0) is 30.4. The summed E-state index contributed by atoms with van der Waals surface area (Å²) in [6, 6.07) is 11.7. The smallest absolute Gasteiger partial charge is 0.409 e. The number of methoxy groups -OCH3 is 1. The second-order valence-electron chi connectivity index (χ2n) is 14.0. The molecule has 1 saturated carbocycles. The number of piperidine rings is 1. The highest BCUT2D eigenvalue weighted by Gasteiger charge is 2.32. The lowest BCUT2D eigenvalue weighted by molar-refractivity contribution is 0.108. The average Bonchev–Trinajstić information content (AvgIpc) is 2.97. The minimum Gasteiger partial charge on any atom is -0.450 e. The van der Waals surface area contributed by atoms with Crippen LogP contribution in [-0.2, 0) is 9.47 Å². The van der Waals surface area contributed by atoms with E-state index in [0.717, 1.165) is 64.3 Å². The van der Waals surface area contributed by atoms with Crippen molar-refractivity contribution in [2.75, 3.05) is 47.0 Å². The van der Waals surface area contributed by atoms with Gasteiger partial charge >= 0.3 is 12.1 Å². The molecule has 2 fully saturated rings. The molecular formula is C34H59N3O4Si. The average molecular weight is 602 g/mol. The number of hydrogen-bond donors (Lipinski definition) is 1. The van der Waals surface area contributed by atoms with Crippen LogP contribution in [0.25, 0.3) is 0 Å². The Bertz CT molecular complexity index is 919. The van der Waals surface area contributed by atoms with Crippen LogP contribution in [0.4, 0.5) is 9.59 Å². The summed E-state index contributed by atoms with van der Waals surface area (Å²) in [5.41, 5.74) is 1.38. The van der Waals surface area contributed by atoms with Gasteiger partial charge in [-0.2, -0.15) is 0 Å². The Morgan fingerprint density at radius 3 is 2.45 bits per heavy atom. The molecule has 1 saturated heterocycles. The van der Waals surface area contributed by atoms with E-state index in [-0.39, 0.29) is 18.2 Å². The van der Waals surface area contributed by atoms with Gasteiger partial charge in [-0.25, -0.2) is 9.59 Å². The van der Waals surface area contributed by atoms with Crippen molar-refractivity contribution >= 4 is 20.2 Å². The fourth-order valence-electron chi connectivity index (χ4n) is 6.74. The summed E-state index contributed by atoms with van der Waals surface area (Å²) in [5.74, 6) is 1.48. The Kier molecular flexibility index (Phi) is 14.7. The molecule has 1 aliphatic heterocycles. The summed E-state index contributed by atoms with van der Waals surface area (Å²) in [6.45, 7) is 10.2. The van der Waals surface area contributed by atoms with Gasteiger partial charge in [0.15, 0.2) is 0 Å². The Hall–Kier alpha value is -2.06. The van der Waals surface area contributed by atoms with Gasteiger partial charge in [0.2, 0.25) is 0 Å². The third kappa shape index (κ3) is 12.3. The molecule has 1 aromatic rings. The number of hydrogen-bond acceptors (Lipinski definition) is 4. The van der Waals surface area contributed by atoms with E-state index in [1.165, 1.54) is 37.7 Å². The highest BCUT2D eigenvalue weighted by molar-refractivity contribution is 6.76. The lowest BCUT2D eigenvalue weighted by atomic mass is 9.78. The number of ether oxygens (including phenoxy) is 2. The Morgan fingerprint density at radius 1 is 1.02 bits per heavy atom. The van der Waals surface area contributed by atoms with Crippen LogP contribution in [0.3, 0.4) is 0 Å². The molecule has 3 atom stereocenters. The first-order valence-corrected chi connectivity index (χ1v) is 20.3. The maximum absolute atomic E-state index is 13.8. The van der Waals surface area contributed by atoms with E-state index in [9.17, 15) is 9.59 Å². The topological polar surface area (TPSA) is 71.1 Å². The minimum absolute atomic E-state index is 0.0206. The van der Waals surface area contributed by atoms with Crippen LogP contribution in [0.5, 0.6) is 0 Å². The lowest BCUT2D eigenvalue weighted by Crippen LogP contribution is -2.52. The predicted molar refractivity (Wildman–Crippen MR) is 175 cm³/mol. The van der Waals surface area contributed by atoms with Gasteiger partial charge in [0.05, 0.1) is 6.61 Å². The van der Waals surface area contributed by atoms with Crippen molar-refractivity contribution in [2.24, 2.45) is 11.8 Å². The highest BCUT2D eigenvalue weighted by Crippen LogP contribution is 2.36. The number of unbranched alkanes of at least 4 members (excludes halogenated alkanes) is 1. The second-order valence-corrected chi connectivity index (χ2v) is 19.7. The number of amides is 3. The summed E-state index contributed by atoms with van der Waals surface area (Å²) < 4.78 is 10.9. The second kappa shape index (κ2) is 17.9. The lowest BCUT2D eigenvalue weighted by Gasteiger charge is -2.38. The predicted octanol–water partition coefficient (Wildman–Crippen LogP) is 7.75. The number of rotatable bonds is 15. The number of nitrogens with one attached hydrogen (secondary N) is 1. The number of urea groups is 1. The van der Waals surface area contributed by atoms with Gasteiger partial charge in [0.1, 0.15) is 0 Å². The van der Waals surface area contributed by atoms with E-state index in [1.807, 2.05) is 11.9 Å². The van der Waals surface area contributed by atoms with Crippen molar-refractivity contribution in [1.82, 2.24) is 15.1 Å². The van der Waals surface area contributed by atoms with Crippen LogP contribution in [0.2, 0.25) is 25.7 Å². The quantitative estimate of drug-likeness (QED) is 0.165. The largest absolute Gasteiger partial charge is 0.450 e. The number of likely N-dealkylation sites (N-methyl/N-ethyl adjacent to an activating group) is 1.